The number of carbonyl (C=O) groups is 2. The molecule has 0 bridgehead atoms. The minimum Gasteiger partial charge on any atom is -0.462 e. The Morgan fingerprint density at radius 3 is 0.942 bits per heavy atom. The van der Waals surface area contributed by atoms with Gasteiger partial charge in [-0.3, -0.25) is 9.59 Å². The molecule has 1 unspecified atom stereocenters. The zero-order valence-electron chi connectivity index (χ0n) is 45.8. The highest BCUT2D eigenvalue weighted by Crippen LogP contribution is 2.17. The second-order valence-electron chi connectivity index (χ2n) is 20.1. The van der Waals surface area contributed by atoms with Gasteiger partial charge in [0, 0.05) is 12.8 Å². The summed E-state index contributed by atoms with van der Waals surface area (Å²) in [4.78, 5) is 24.6. The Labute approximate surface area is 429 Å². The number of unbranched alkanes of at least 4 members (excludes halogenated alkanes) is 35. The van der Waals surface area contributed by atoms with Crippen LogP contribution < -0.4 is 0 Å². The standard InChI is InChI=1S/C64H114O5/c1-3-5-7-9-11-13-15-17-19-21-23-25-27-28-29-30-31-32-33-34-35-36-37-39-41-43-45-47-49-51-53-55-57-59-64(67)69-62(60-65)61-68-63(66)58-56-54-52-50-48-46-44-42-40-38-26-24-22-20-18-16-14-12-10-8-6-4-2/h5,7,11,13,17,19,23,25,28-29,31-32,62,65H,3-4,6,8-10,12,14-16,18,20-22,24,26-27,30,33-61H2,1-2H3/b7-5-,13-11-,19-17-,25-23-,29-28-,32-31-. The van der Waals surface area contributed by atoms with Crippen LogP contribution in [0.2, 0.25) is 0 Å². The summed E-state index contributed by atoms with van der Waals surface area (Å²) in [6, 6.07) is 0. The van der Waals surface area contributed by atoms with E-state index in [0.29, 0.717) is 12.8 Å². The summed E-state index contributed by atoms with van der Waals surface area (Å²) in [5, 5.41) is 9.67. The molecule has 0 amide bonds. The van der Waals surface area contributed by atoms with E-state index in [-0.39, 0.29) is 25.2 Å². The van der Waals surface area contributed by atoms with Crippen LogP contribution in [0.5, 0.6) is 0 Å². The number of hydrogen-bond donors (Lipinski definition) is 1. The van der Waals surface area contributed by atoms with Gasteiger partial charge < -0.3 is 14.6 Å². The number of hydrogen-bond acceptors (Lipinski definition) is 5. The zero-order valence-corrected chi connectivity index (χ0v) is 45.8. The van der Waals surface area contributed by atoms with Gasteiger partial charge in [0.2, 0.25) is 0 Å². The molecule has 1 atom stereocenters. The van der Waals surface area contributed by atoms with Gasteiger partial charge in [-0.25, -0.2) is 0 Å². The van der Waals surface area contributed by atoms with Gasteiger partial charge in [-0.05, 0) is 64.2 Å². The van der Waals surface area contributed by atoms with E-state index >= 15 is 0 Å². The van der Waals surface area contributed by atoms with Gasteiger partial charge in [0.1, 0.15) is 6.61 Å². The van der Waals surface area contributed by atoms with E-state index in [1.807, 2.05) is 0 Å². The molecule has 0 spiro atoms. The van der Waals surface area contributed by atoms with Gasteiger partial charge in [-0.2, -0.15) is 0 Å². The fourth-order valence-electron chi connectivity index (χ4n) is 8.80. The third-order valence-electron chi connectivity index (χ3n) is 13.3. The first-order valence-corrected chi connectivity index (χ1v) is 30.0. The summed E-state index contributed by atoms with van der Waals surface area (Å²) in [5.74, 6) is -0.577. The maximum atomic E-state index is 12.3. The van der Waals surface area contributed by atoms with Crippen LogP contribution in [0.3, 0.4) is 0 Å². The number of ether oxygens (including phenoxy) is 2. The minimum absolute atomic E-state index is 0.0634. The molecule has 0 aliphatic rings. The SMILES string of the molecule is CC/C=C\C/C=C\C/C=C\C/C=C\C/C=C\C/C=C\CCCCCCCCCCCCCCCCC(=O)OC(CO)COC(=O)CCCCCCCCCCCCCCCCCCCCCCCC. The topological polar surface area (TPSA) is 72.8 Å². The largest absolute Gasteiger partial charge is 0.462 e. The van der Waals surface area contributed by atoms with E-state index in [2.05, 4.69) is 86.8 Å². The Morgan fingerprint density at radius 1 is 0.348 bits per heavy atom. The highest BCUT2D eigenvalue weighted by Gasteiger charge is 2.16. The summed E-state index contributed by atoms with van der Waals surface area (Å²) >= 11 is 0. The summed E-state index contributed by atoms with van der Waals surface area (Å²) in [6.45, 7) is 4.07. The first kappa shape index (κ1) is 66.3. The smallest absolute Gasteiger partial charge is 0.306 e. The third kappa shape index (κ3) is 57.8. The summed E-state index contributed by atoms with van der Waals surface area (Å²) in [6.07, 6.45) is 81.7. The Morgan fingerprint density at radius 2 is 0.623 bits per heavy atom. The zero-order chi connectivity index (χ0) is 49.9. The van der Waals surface area contributed by atoms with Crippen molar-refractivity contribution in [2.45, 2.75) is 309 Å². The van der Waals surface area contributed by atoms with Crippen molar-refractivity contribution in [3.8, 4) is 0 Å². The molecule has 5 heteroatoms. The predicted octanol–water partition coefficient (Wildman–Crippen LogP) is 20.4. The van der Waals surface area contributed by atoms with E-state index in [0.717, 1.165) is 77.0 Å². The van der Waals surface area contributed by atoms with E-state index in [4.69, 9.17) is 9.47 Å². The van der Waals surface area contributed by atoms with E-state index < -0.39 is 6.10 Å². The first-order valence-electron chi connectivity index (χ1n) is 30.0. The first-order chi connectivity index (χ1) is 34.1. The molecule has 0 radical (unpaired) electrons. The molecule has 0 aromatic rings. The van der Waals surface area contributed by atoms with Crippen molar-refractivity contribution in [1.29, 1.82) is 0 Å². The Balaban J connectivity index is 3.47. The molecule has 400 valence electrons. The number of allylic oxidation sites excluding steroid dienone is 12. The average Bonchev–Trinajstić information content (AvgIpc) is 3.35. The summed E-state index contributed by atoms with van der Waals surface area (Å²) in [5.41, 5.74) is 0. The van der Waals surface area contributed by atoms with E-state index in [9.17, 15) is 14.7 Å². The monoisotopic (exact) mass is 963 g/mol. The minimum atomic E-state index is -0.773. The van der Waals surface area contributed by atoms with Crippen molar-refractivity contribution < 1.29 is 24.2 Å². The van der Waals surface area contributed by atoms with Crippen LogP contribution in [0.15, 0.2) is 72.9 Å². The van der Waals surface area contributed by atoms with Gasteiger partial charge in [0.15, 0.2) is 6.10 Å². The molecular weight excluding hydrogens is 849 g/mol. The summed E-state index contributed by atoms with van der Waals surface area (Å²) < 4.78 is 10.7. The van der Waals surface area contributed by atoms with Crippen molar-refractivity contribution in [2.75, 3.05) is 13.2 Å². The lowest BCUT2D eigenvalue weighted by atomic mass is 10.0. The lowest BCUT2D eigenvalue weighted by molar-refractivity contribution is -0.161. The van der Waals surface area contributed by atoms with Crippen LogP contribution in [0.25, 0.3) is 0 Å². The lowest BCUT2D eigenvalue weighted by Gasteiger charge is -2.15. The van der Waals surface area contributed by atoms with Gasteiger partial charge in [-0.1, -0.05) is 299 Å². The van der Waals surface area contributed by atoms with E-state index in [1.165, 1.54) is 199 Å². The molecule has 0 saturated carbocycles. The van der Waals surface area contributed by atoms with E-state index in [1.54, 1.807) is 0 Å². The highest BCUT2D eigenvalue weighted by molar-refractivity contribution is 5.70. The maximum absolute atomic E-state index is 12.3. The van der Waals surface area contributed by atoms with Crippen LogP contribution in [0.4, 0.5) is 0 Å². The number of aliphatic hydroxyl groups excluding tert-OH is 1. The Hall–Kier alpha value is -2.66. The maximum Gasteiger partial charge on any atom is 0.306 e. The fourth-order valence-corrected chi connectivity index (χ4v) is 8.80. The number of carbonyl (C=O) groups excluding carboxylic acids is 2. The van der Waals surface area contributed by atoms with Crippen molar-refractivity contribution in [3.63, 3.8) is 0 Å². The van der Waals surface area contributed by atoms with Crippen molar-refractivity contribution in [1.82, 2.24) is 0 Å². The second kappa shape index (κ2) is 59.6. The lowest BCUT2D eigenvalue weighted by Crippen LogP contribution is -2.28. The third-order valence-corrected chi connectivity index (χ3v) is 13.3. The molecule has 1 N–H and O–H groups in total. The van der Waals surface area contributed by atoms with Crippen LogP contribution in [0, 0.1) is 0 Å². The number of esters is 2. The van der Waals surface area contributed by atoms with Crippen molar-refractivity contribution in [2.24, 2.45) is 0 Å². The van der Waals surface area contributed by atoms with Gasteiger partial charge in [0.05, 0.1) is 6.61 Å². The predicted molar refractivity (Wildman–Crippen MR) is 302 cm³/mol. The summed E-state index contributed by atoms with van der Waals surface area (Å²) in [7, 11) is 0. The van der Waals surface area contributed by atoms with Gasteiger partial charge in [0.25, 0.3) is 0 Å². The molecule has 5 nitrogen and oxygen atoms in total. The highest BCUT2D eigenvalue weighted by atomic mass is 16.6. The second-order valence-corrected chi connectivity index (χ2v) is 20.1. The average molecular weight is 964 g/mol. The number of rotatable bonds is 55. The van der Waals surface area contributed by atoms with Crippen LogP contribution in [0.1, 0.15) is 303 Å². The molecule has 0 fully saturated rings. The fraction of sp³-hybridized carbons (Fsp3) is 0.781. The molecule has 0 rings (SSSR count). The van der Waals surface area contributed by atoms with Crippen LogP contribution in [-0.2, 0) is 19.1 Å². The quantitative estimate of drug-likeness (QED) is 0.0374. The normalized spacial score (nSPS) is 12.7. The molecule has 69 heavy (non-hydrogen) atoms. The molecule has 0 aliphatic carbocycles. The Bertz CT molecular complexity index is 1230. The molecule has 0 aromatic carbocycles. The molecule has 0 saturated heterocycles. The van der Waals surface area contributed by atoms with Crippen molar-refractivity contribution >= 4 is 11.9 Å². The molecule has 0 aliphatic heterocycles. The molecule has 0 aromatic heterocycles. The number of aliphatic hydroxyl groups is 1. The van der Waals surface area contributed by atoms with Crippen molar-refractivity contribution in [3.05, 3.63) is 72.9 Å². The molecular formula is C64H114O5. The van der Waals surface area contributed by atoms with Gasteiger partial charge in [-0.15, -0.1) is 0 Å². The Kier molecular flexibility index (Phi) is 57.3. The van der Waals surface area contributed by atoms with Gasteiger partial charge >= 0.3 is 11.9 Å². The molecule has 0 heterocycles. The van der Waals surface area contributed by atoms with Crippen LogP contribution in [-0.4, -0.2) is 36.4 Å². The van der Waals surface area contributed by atoms with Crippen LogP contribution >= 0.6 is 0 Å².